The van der Waals surface area contributed by atoms with Crippen LogP contribution in [0.3, 0.4) is 0 Å². The molecule has 18 heavy (non-hydrogen) atoms. The summed E-state index contributed by atoms with van der Waals surface area (Å²) in [6, 6.07) is 7.07. The van der Waals surface area contributed by atoms with Crippen molar-refractivity contribution in [1.82, 2.24) is 5.32 Å². The van der Waals surface area contributed by atoms with Gasteiger partial charge in [-0.3, -0.25) is 4.79 Å². The Kier molecular flexibility index (Phi) is 5.58. The molecule has 3 N–H and O–H groups in total. The normalized spacial score (nSPS) is 10.2. The number of rotatable bonds is 6. The number of carbonyl (C=O) groups is 1. The first-order valence-electron chi connectivity index (χ1n) is 5.78. The van der Waals surface area contributed by atoms with Gasteiger partial charge in [0.15, 0.2) is 6.61 Å². The number of thiocarbonyl (C=S) groups is 1. The van der Waals surface area contributed by atoms with Crippen molar-refractivity contribution in [3.8, 4) is 5.75 Å². The highest BCUT2D eigenvalue weighted by Crippen LogP contribution is 2.12. The van der Waals surface area contributed by atoms with E-state index in [0.717, 1.165) is 5.56 Å². The summed E-state index contributed by atoms with van der Waals surface area (Å²) in [4.78, 5) is 11.8. The van der Waals surface area contributed by atoms with E-state index in [-0.39, 0.29) is 12.5 Å². The molecule has 1 aromatic carbocycles. The highest BCUT2D eigenvalue weighted by molar-refractivity contribution is 7.80. The van der Waals surface area contributed by atoms with E-state index in [4.69, 9.17) is 22.7 Å². The number of benzene rings is 1. The first kappa shape index (κ1) is 14.4. The lowest BCUT2D eigenvalue weighted by molar-refractivity contribution is -0.123. The number of carbonyl (C=O) groups excluding carboxylic acids is 1. The highest BCUT2D eigenvalue weighted by Gasteiger charge is 2.04. The van der Waals surface area contributed by atoms with Gasteiger partial charge < -0.3 is 15.8 Å². The molecule has 0 radical (unpaired) electrons. The molecule has 0 saturated carbocycles. The SMILES string of the molecule is CC(C)CNC(=O)COc1cccc(C(N)=S)c1. The van der Waals surface area contributed by atoms with Gasteiger partial charge in [0.25, 0.3) is 5.91 Å². The smallest absolute Gasteiger partial charge is 0.257 e. The van der Waals surface area contributed by atoms with Crippen molar-refractivity contribution in [2.75, 3.05) is 13.2 Å². The number of hydrogen-bond acceptors (Lipinski definition) is 3. The Morgan fingerprint density at radius 1 is 1.50 bits per heavy atom. The molecule has 1 amide bonds. The zero-order valence-corrected chi connectivity index (χ0v) is 11.4. The Morgan fingerprint density at radius 3 is 2.83 bits per heavy atom. The van der Waals surface area contributed by atoms with Gasteiger partial charge in [-0.05, 0) is 18.1 Å². The summed E-state index contributed by atoms with van der Waals surface area (Å²) < 4.78 is 5.36. The fourth-order valence-electron chi connectivity index (χ4n) is 1.26. The second-order valence-corrected chi connectivity index (χ2v) is 4.82. The van der Waals surface area contributed by atoms with Gasteiger partial charge in [-0.2, -0.15) is 0 Å². The van der Waals surface area contributed by atoms with Crippen molar-refractivity contribution in [2.45, 2.75) is 13.8 Å². The molecule has 0 aliphatic heterocycles. The zero-order chi connectivity index (χ0) is 13.5. The molecule has 0 atom stereocenters. The first-order valence-corrected chi connectivity index (χ1v) is 6.19. The molecule has 0 unspecified atom stereocenters. The fraction of sp³-hybridized carbons (Fsp3) is 0.385. The second-order valence-electron chi connectivity index (χ2n) is 4.38. The van der Waals surface area contributed by atoms with Crippen molar-refractivity contribution in [1.29, 1.82) is 0 Å². The third-order valence-electron chi connectivity index (χ3n) is 2.20. The molecule has 0 aliphatic rings. The van der Waals surface area contributed by atoms with Gasteiger partial charge in [0.05, 0.1) is 0 Å². The van der Waals surface area contributed by atoms with Crippen molar-refractivity contribution >= 4 is 23.1 Å². The molecule has 5 heteroatoms. The summed E-state index contributed by atoms with van der Waals surface area (Å²) >= 11 is 4.87. The third kappa shape index (κ3) is 5.14. The minimum absolute atomic E-state index is 0.00644. The molecule has 1 rings (SSSR count). The molecule has 0 bridgehead atoms. The van der Waals surface area contributed by atoms with E-state index >= 15 is 0 Å². The second kappa shape index (κ2) is 6.96. The van der Waals surface area contributed by atoms with Crippen LogP contribution in [0.1, 0.15) is 19.4 Å². The predicted molar refractivity (Wildman–Crippen MR) is 75.7 cm³/mol. The van der Waals surface area contributed by atoms with Gasteiger partial charge in [-0.15, -0.1) is 0 Å². The molecular weight excluding hydrogens is 248 g/mol. The van der Waals surface area contributed by atoms with Gasteiger partial charge in [-0.25, -0.2) is 0 Å². The quantitative estimate of drug-likeness (QED) is 0.765. The Hall–Kier alpha value is -1.62. The molecule has 0 fully saturated rings. The molecule has 0 aromatic heterocycles. The predicted octanol–water partition coefficient (Wildman–Crippen LogP) is 1.47. The van der Waals surface area contributed by atoms with Crippen molar-refractivity contribution in [3.63, 3.8) is 0 Å². The van der Waals surface area contributed by atoms with E-state index in [9.17, 15) is 4.79 Å². The van der Waals surface area contributed by atoms with Crippen LogP contribution in [0.25, 0.3) is 0 Å². The van der Waals surface area contributed by atoms with Crippen molar-refractivity contribution in [2.24, 2.45) is 11.7 Å². The van der Waals surface area contributed by atoms with Crippen LogP contribution in [0.4, 0.5) is 0 Å². The summed E-state index contributed by atoms with van der Waals surface area (Å²) in [5, 5.41) is 2.78. The molecule has 98 valence electrons. The van der Waals surface area contributed by atoms with Crippen LogP contribution in [0.15, 0.2) is 24.3 Å². The van der Waals surface area contributed by atoms with E-state index in [1.165, 1.54) is 0 Å². The molecule has 1 aromatic rings. The Labute approximate surface area is 113 Å². The van der Waals surface area contributed by atoms with Gasteiger partial charge in [0.2, 0.25) is 0 Å². The Bertz CT molecular complexity index is 433. The van der Waals surface area contributed by atoms with E-state index < -0.39 is 0 Å². The maximum Gasteiger partial charge on any atom is 0.257 e. The average Bonchev–Trinajstić information content (AvgIpc) is 2.34. The van der Waals surface area contributed by atoms with Crippen LogP contribution >= 0.6 is 12.2 Å². The zero-order valence-electron chi connectivity index (χ0n) is 10.6. The van der Waals surface area contributed by atoms with E-state index in [1.54, 1.807) is 24.3 Å². The standard InChI is InChI=1S/C13H18N2O2S/c1-9(2)7-15-12(16)8-17-11-5-3-4-10(6-11)13(14)18/h3-6,9H,7-8H2,1-2H3,(H2,14,18)(H,15,16). The number of nitrogens with two attached hydrogens (primary N) is 1. The van der Waals surface area contributed by atoms with E-state index in [0.29, 0.717) is 23.2 Å². The van der Waals surface area contributed by atoms with Crippen LogP contribution in [0, 0.1) is 5.92 Å². The lowest BCUT2D eigenvalue weighted by Crippen LogP contribution is -2.31. The average molecular weight is 266 g/mol. The maximum absolute atomic E-state index is 11.5. The number of ether oxygens (including phenoxy) is 1. The van der Waals surface area contributed by atoms with Crippen LogP contribution in [0.2, 0.25) is 0 Å². The molecule has 0 spiro atoms. The molecule has 4 nitrogen and oxygen atoms in total. The van der Waals surface area contributed by atoms with Gasteiger partial charge in [0, 0.05) is 12.1 Å². The lowest BCUT2D eigenvalue weighted by Gasteiger charge is -2.09. The summed E-state index contributed by atoms with van der Waals surface area (Å²) in [6.07, 6.45) is 0. The van der Waals surface area contributed by atoms with E-state index in [1.807, 2.05) is 13.8 Å². The number of nitrogens with one attached hydrogen (secondary N) is 1. The molecular formula is C13H18N2O2S. The highest BCUT2D eigenvalue weighted by atomic mass is 32.1. The topological polar surface area (TPSA) is 64.3 Å². The summed E-state index contributed by atoms with van der Waals surface area (Å²) in [5.74, 6) is 0.872. The van der Waals surface area contributed by atoms with Gasteiger partial charge >= 0.3 is 0 Å². The minimum Gasteiger partial charge on any atom is -0.484 e. The monoisotopic (exact) mass is 266 g/mol. The maximum atomic E-state index is 11.5. The molecule has 0 saturated heterocycles. The van der Waals surface area contributed by atoms with Gasteiger partial charge in [-0.1, -0.05) is 38.2 Å². The Morgan fingerprint density at radius 2 is 2.22 bits per heavy atom. The fourth-order valence-corrected chi connectivity index (χ4v) is 1.38. The summed E-state index contributed by atoms with van der Waals surface area (Å²) in [6.45, 7) is 4.71. The van der Waals surface area contributed by atoms with Crippen LogP contribution < -0.4 is 15.8 Å². The van der Waals surface area contributed by atoms with Crippen molar-refractivity contribution < 1.29 is 9.53 Å². The Balaban J connectivity index is 2.46. The van der Waals surface area contributed by atoms with Gasteiger partial charge in [0.1, 0.15) is 10.7 Å². The first-order chi connectivity index (χ1) is 8.49. The summed E-state index contributed by atoms with van der Waals surface area (Å²) in [5.41, 5.74) is 6.24. The number of amides is 1. The minimum atomic E-state index is -0.135. The third-order valence-corrected chi connectivity index (χ3v) is 2.43. The van der Waals surface area contributed by atoms with E-state index in [2.05, 4.69) is 5.32 Å². The lowest BCUT2D eigenvalue weighted by atomic mass is 10.2. The van der Waals surface area contributed by atoms with Crippen LogP contribution in [-0.4, -0.2) is 24.0 Å². The summed E-state index contributed by atoms with van der Waals surface area (Å²) in [7, 11) is 0. The van der Waals surface area contributed by atoms with Crippen LogP contribution in [0.5, 0.6) is 5.75 Å². The molecule has 0 aliphatic carbocycles. The molecule has 0 heterocycles. The largest absolute Gasteiger partial charge is 0.484 e. The number of hydrogen-bond donors (Lipinski definition) is 2. The van der Waals surface area contributed by atoms with Crippen LogP contribution in [-0.2, 0) is 4.79 Å². The van der Waals surface area contributed by atoms with Crippen molar-refractivity contribution in [3.05, 3.63) is 29.8 Å².